The number of fused-ring (bicyclic) bond motifs is 4. The molecule has 2 aromatic carbocycles. The summed E-state index contributed by atoms with van der Waals surface area (Å²) in [6, 6.07) is 20.5. The predicted molar refractivity (Wildman–Crippen MR) is 125 cm³/mol. The minimum atomic E-state index is 0.950. The molecule has 0 aliphatic heterocycles. The highest BCUT2D eigenvalue weighted by Gasteiger charge is 1.98. The molecular weight excluding hydrogens is 368 g/mol. The van der Waals surface area contributed by atoms with E-state index in [1.165, 1.54) is 26.9 Å². The van der Waals surface area contributed by atoms with Crippen LogP contribution < -0.4 is 0 Å². The Morgan fingerprint density at radius 3 is 1.63 bits per heavy atom. The van der Waals surface area contributed by atoms with Gasteiger partial charge < -0.3 is 0 Å². The van der Waals surface area contributed by atoms with Gasteiger partial charge in [0.25, 0.3) is 0 Å². The van der Waals surface area contributed by atoms with E-state index >= 15 is 0 Å². The molecule has 0 saturated carbocycles. The number of pyridine rings is 4. The van der Waals surface area contributed by atoms with Crippen LogP contribution in [0, 0.1) is 0 Å². The van der Waals surface area contributed by atoms with Crippen molar-refractivity contribution in [3.05, 3.63) is 97.8 Å². The number of aromatic nitrogens is 4. The summed E-state index contributed by atoms with van der Waals surface area (Å²) in [6.07, 6.45) is 11.0. The van der Waals surface area contributed by atoms with Crippen LogP contribution in [0.3, 0.4) is 0 Å². The van der Waals surface area contributed by atoms with Crippen molar-refractivity contribution < 1.29 is 0 Å². The van der Waals surface area contributed by atoms with Crippen LogP contribution in [0.5, 0.6) is 0 Å². The van der Waals surface area contributed by atoms with Gasteiger partial charge in [-0.25, -0.2) is 4.98 Å². The third-order valence-corrected chi connectivity index (χ3v) is 4.72. The van der Waals surface area contributed by atoms with E-state index in [0.717, 1.165) is 16.4 Å². The van der Waals surface area contributed by atoms with E-state index in [1.807, 2.05) is 75.0 Å². The van der Waals surface area contributed by atoms with Gasteiger partial charge in [-0.3, -0.25) is 15.0 Å². The van der Waals surface area contributed by atoms with E-state index in [1.54, 1.807) is 12.4 Å². The second-order valence-corrected chi connectivity index (χ2v) is 6.55. The predicted octanol–water partition coefficient (Wildman–Crippen LogP) is 6.59. The van der Waals surface area contributed by atoms with Crippen molar-refractivity contribution in [1.29, 1.82) is 0 Å². The van der Waals surface area contributed by atoms with Gasteiger partial charge in [0.1, 0.15) is 0 Å². The normalized spacial score (nSPS) is 10.3. The summed E-state index contributed by atoms with van der Waals surface area (Å²) >= 11 is 0. The molecule has 0 saturated heterocycles. The van der Waals surface area contributed by atoms with Crippen LogP contribution in [-0.2, 0) is 0 Å². The summed E-state index contributed by atoms with van der Waals surface area (Å²) in [4.78, 5) is 16.8. The molecule has 30 heavy (non-hydrogen) atoms. The van der Waals surface area contributed by atoms with Gasteiger partial charge in [-0.1, -0.05) is 32.0 Å². The fraction of sp³-hybridized carbons (Fsp3) is 0.0769. The summed E-state index contributed by atoms with van der Waals surface area (Å²) in [5.74, 6) is 0. The van der Waals surface area contributed by atoms with Crippen LogP contribution in [-0.4, -0.2) is 19.9 Å². The second kappa shape index (κ2) is 9.05. The average Bonchev–Trinajstić information content (AvgIpc) is 2.83. The lowest BCUT2D eigenvalue weighted by molar-refractivity contribution is 1.33. The highest BCUT2D eigenvalue weighted by atomic mass is 14.7. The first-order chi connectivity index (χ1) is 14.9. The van der Waals surface area contributed by atoms with Gasteiger partial charge in [-0.2, -0.15) is 0 Å². The van der Waals surface area contributed by atoms with Gasteiger partial charge in [-0.15, -0.1) is 0 Å². The number of hydrogen-bond donors (Lipinski definition) is 0. The molecule has 4 aromatic heterocycles. The maximum absolute atomic E-state index is 4.52. The van der Waals surface area contributed by atoms with Gasteiger partial charge in [0, 0.05) is 52.5 Å². The van der Waals surface area contributed by atoms with Crippen LogP contribution in [0.15, 0.2) is 97.8 Å². The third kappa shape index (κ3) is 4.08. The summed E-state index contributed by atoms with van der Waals surface area (Å²) in [7, 11) is 0. The van der Waals surface area contributed by atoms with Gasteiger partial charge in [0.15, 0.2) is 0 Å². The zero-order valence-electron chi connectivity index (χ0n) is 17.0. The average molecular weight is 390 g/mol. The quantitative estimate of drug-likeness (QED) is 0.274. The minimum absolute atomic E-state index is 0.950. The highest BCUT2D eigenvalue weighted by Crippen LogP contribution is 2.20. The summed E-state index contributed by atoms with van der Waals surface area (Å²) in [5.41, 5.74) is 1.97. The van der Waals surface area contributed by atoms with Crippen LogP contribution in [0.4, 0.5) is 0 Å². The molecule has 0 fully saturated rings. The van der Waals surface area contributed by atoms with Crippen molar-refractivity contribution in [2.24, 2.45) is 0 Å². The largest absolute Gasteiger partial charge is 0.264 e. The van der Waals surface area contributed by atoms with Crippen LogP contribution in [0.1, 0.15) is 13.8 Å². The van der Waals surface area contributed by atoms with E-state index in [-0.39, 0.29) is 0 Å². The molecule has 0 bridgehead atoms. The summed E-state index contributed by atoms with van der Waals surface area (Å²) in [6.45, 7) is 4.00. The first-order valence-corrected chi connectivity index (χ1v) is 10.0. The van der Waals surface area contributed by atoms with Crippen molar-refractivity contribution in [2.45, 2.75) is 13.8 Å². The van der Waals surface area contributed by atoms with Gasteiger partial charge in [0.2, 0.25) is 0 Å². The molecule has 0 spiro atoms. The molecule has 146 valence electrons. The Kier molecular flexibility index (Phi) is 5.85. The van der Waals surface area contributed by atoms with Crippen molar-refractivity contribution >= 4 is 43.4 Å². The minimum Gasteiger partial charge on any atom is -0.264 e. The molecule has 0 unspecified atom stereocenters. The van der Waals surface area contributed by atoms with Crippen molar-refractivity contribution in [3.63, 3.8) is 0 Å². The van der Waals surface area contributed by atoms with E-state index < -0.39 is 0 Å². The number of hydrogen-bond acceptors (Lipinski definition) is 4. The van der Waals surface area contributed by atoms with Crippen molar-refractivity contribution in [2.75, 3.05) is 0 Å². The smallest absolute Gasteiger partial charge is 0.0892 e. The molecule has 0 amide bonds. The Balaban J connectivity index is 0.000000134. The van der Waals surface area contributed by atoms with E-state index in [2.05, 4.69) is 44.2 Å². The molecule has 4 heterocycles. The number of nitrogens with zero attached hydrogens (tertiary/aromatic N) is 4. The Bertz CT molecular complexity index is 1110. The van der Waals surface area contributed by atoms with E-state index in [9.17, 15) is 0 Å². The number of benzene rings is 2. The van der Waals surface area contributed by atoms with Gasteiger partial charge in [-0.05, 0) is 53.2 Å². The summed E-state index contributed by atoms with van der Waals surface area (Å²) < 4.78 is 0. The lowest BCUT2D eigenvalue weighted by Crippen LogP contribution is -1.82. The van der Waals surface area contributed by atoms with E-state index in [0.29, 0.717) is 0 Å². The summed E-state index contributed by atoms with van der Waals surface area (Å²) in [5, 5.41) is 7.07. The molecule has 0 atom stereocenters. The van der Waals surface area contributed by atoms with Crippen LogP contribution >= 0.6 is 0 Å². The first-order valence-electron chi connectivity index (χ1n) is 10.0. The Labute approximate surface area is 175 Å². The molecule has 0 radical (unpaired) electrons. The molecule has 0 aliphatic carbocycles. The van der Waals surface area contributed by atoms with Crippen LogP contribution in [0.2, 0.25) is 0 Å². The van der Waals surface area contributed by atoms with Crippen molar-refractivity contribution in [3.8, 4) is 0 Å². The third-order valence-electron chi connectivity index (χ3n) is 4.72. The number of rotatable bonds is 0. The van der Waals surface area contributed by atoms with E-state index in [4.69, 9.17) is 0 Å². The molecule has 6 rings (SSSR count). The Morgan fingerprint density at radius 1 is 0.467 bits per heavy atom. The maximum Gasteiger partial charge on any atom is 0.0892 e. The molecular formula is C26H22N4. The molecule has 4 nitrogen and oxygen atoms in total. The second-order valence-electron chi connectivity index (χ2n) is 6.55. The first kappa shape index (κ1) is 19.4. The zero-order valence-corrected chi connectivity index (χ0v) is 17.0. The standard InChI is InChI=1S/2C12H8N2.C2H6/c1-3-13-7-11-6-10-2-4-14-8-12(10)5-9(1)11;1-2-4-11-9(3-1)7-10-5-6-13-8-12(10)14-11;1-2/h2*1-8H;1-2H3. The lowest BCUT2D eigenvalue weighted by Gasteiger charge is -1.99. The molecule has 4 heteroatoms. The van der Waals surface area contributed by atoms with Gasteiger partial charge >= 0.3 is 0 Å². The molecule has 0 N–H and O–H groups in total. The topological polar surface area (TPSA) is 51.6 Å². The Morgan fingerprint density at radius 2 is 0.967 bits per heavy atom. The van der Waals surface area contributed by atoms with Crippen LogP contribution in [0.25, 0.3) is 43.4 Å². The fourth-order valence-electron chi connectivity index (χ4n) is 3.30. The highest BCUT2D eigenvalue weighted by molar-refractivity contribution is 5.97. The number of para-hydroxylation sites is 1. The molecule has 0 aliphatic rings. The SMILES string of the molecule is CC.c1cc2cc3cnccc3cc2cn1.c1ccc2nc3cnccc3cc2c1. The maximum atomic E-state index is 4.52. The van der Waals surface area contributed by atoms with Gasteiger partial charge in [0.05, 0.1) is 17.2 Å². The van der Waals surface area contributed by atoms with Crippen molar-refractivity contribution in [1.82, 2.24) is 19.9 Å². The molecule has 6 aromatic rings. The fourth-order valence-corrected chi connectivity index (χ4v) is 3.30. The lowest BCUT2D eigenvalue weighted by atomic mass is 10.1. The zero-order chi connectivity index (χ0) is 20.8. The monoisotopic (exact) mass is 390 g/mol. The Hall–Kier alpha value is -3.92.